The zero-order valence-electron chi connectivity index (χ0n) is 14.4. The first kappa shape index (κ1) is 18.9. The molecular formula is C19H17FN2O4S. The highest BCUT2D eigenvalue weighted by atomic mass is 32.2. The van der Waals surface area contributed by atoms with Crippen LogP contribution in [-0.2, 0) is 19.1 Å². The van der Waals surface area contributed by atoms with Crippen molar-refractivity contribution in [2.75, 3.05) is 10.6 Å². The summed E-state index contributed by atoms with van der Waals surface area (Å²) in [6.45, 7) is 1.39. The van der Waals surface area contributed by atoms with E-state index in [9.17, 15) is 18.8 Å². The maximum absolute atomic E-state index is 13.6. The van der Waals surface area contributed by atoms with Gasteiger partial charge in [-0.3, -0.25) is 14.4 Å². The van der Waals surface area contributed by atoms with Crippen molar-refractivity contribution < 1.29 is 23.5 Å². The summed E-state index contributed by atoms with van der Waals surface area (Å²) in [6.07, 6.45) is -1.30. The standard InChI is InChI=1S/C19H17FN2O4S/c1-11(18(24)21-13-7-3-2-6-12(13)20)26-17(23)10-16-19(25)22-14-8-4-5-9-15(14)27-16/h2-9,11,16H,10H2,1H3,(H,21,24)(H,22,25)/t11-,16+/m1/s1. The van der Waals surface area contributed by atoms with Crippen LogP contribution in [0.15, 0.2) is 53.4 Å². The number of anilines is 2. The highest BCUT2D eigenvalue weighted by Gasteiger charge is 2.30. The second-order valence-electron chi connectivity index (χ2n) is 5.90. The minimum absolute atomic E-state index is 0.00391. The molecule has 27 heavy (non-hydrogen) atoms. The smallest absolute Gasteiger partial charge is 0.308 e. The predicted molar refractivity (Wildman–Crippen MR) is 99.9 cm³/mol. The van der Waals surface area contributed by atoms with Gasteiger partial charge in [0.15, 0.2) is 6.10 Å². The molecule has 1 aliphatic heterocycles. The van der Waals surface area contributed by atoms with Gasteiger partial charge in [0.2, 0.25) is 5.91 Å². The van der Waals surface area contributed by atoms with E-state index in [0.29, 0.717) is 5.69 Å². The molecule has 2 aromatic rings. The second-order valence-corrected chi connectivity index (χ2v) is 7.14. The Morgan fingerprint density at radius 3 is 2.70 bits per heavy atom. The van der Waals surface area contributed by atoms with Crippen LogP contribution in [0.1, 0.15) is 13.3 Å². The Morgan fingerprint density at radius 2 is 1.93 bits per heavy atom. The van der Waals surface area contributed by atoms with E-state index in [4.69, 9.17) is 4.74 Å². The quantitative estimate of drug-likeness (QED) is 0.769. The van der Waals surface area contributed by atoms with E-state index < -0.39 is 29.0 Å². The van der Waals surface area contributed by atoms with Crippen molar-refractivity contribution in [1.29, 1.82) is 0 Å². The van der Waals surface area contributed by atoms with Gasteiger partial charge < -0.3 is 15.4 Å². The number of carbonyl (C=O) groups excluding carboxylic acids is 3. The zero-order chi connectivity index (χ0) is 19.4. The lowest BCUT2D eigenvalue weighted by atomic mass is 10.2. The van der Waals surface area contributed by atoms with Crippen LogP contribution >= 0.6 is 11.8 Å². The highest BCUT2D eigenvalue weighted by molar-refractivity contribution is 8.01. The van der Waals surface area contributed by atoms with Crippen LogP contribution in [0.3, 0.4) is 0 Å². The minimum atomic E-state index is -1.12. The van der Waals surface area contributed by atoms with E-state index in [0.717, 1.165) is 4.90 Å². The number of esters is 1. The van der Waals surface area contributed by atoms with Gasteiger partial charge in [-0.05, 0) is 31.2 Å². The molecule has 1 heterocycles. The van der Waals surface area contributed by atoms with E-state index in [1.165, 1.54) is 36.9 Å². The van der Waals surface area contributed by atoms with Gasteiger partial charge in [0.1, 0.15) is 5.82 Å². The van der Waals surface area contributed by atoms with Crippen molar-refractivity contribution in [1.82, 2.24) is 0 Å². The molecule has 6 nitrogen and oxygen atoms in total. The maximum atomic E-state index is 13.6. The van der Waals surface area contributed by atoms with Gasteiger partial charge in [-0.15, -0.1) is 11.8 Å². The first-order valence-electron chi connectivity index (χ1n) is 8.25. The summed E-state index contributed by atoms with van der Waals surface area (Å²) in [5.41, 5.74) is 0.707. The van der Waals surface area contributed by atoms with E-state index >= 15 is 0 Å². The minimum Gasteiger partial charge on any atom is -0.452 e. The average molecular weight is 388 g/mol. The molecule has 140 valence electrons. The third-order valence-electron chi connectivity index (χ3n) is 3.87. The Bertz CT molecular complexity index is 890. The van der Waals surface area contributed by atoms with Gasteiger partial charge in [0, 0.05) is 4.90 Å². The summed E-state index contributed by atoms with van der Waals surface area (Å²) in [5.74, 6) is -2.21. The molecule has 8 heteroatoms. The molecule has 0 saturated heterocycles. The Kier molecular flexibility index (Phi) is 5.75. The number of carbonyl (C=O) groups is 3. The monoisotopic (exact) mass is 388 g/mol. The van der Waals surface area contributed by atoms with Crippen molar-refractivity contribution in [2.45, 2.75) is 29.6 Å². The van der Waals surface area contributed by atoms with Crippen LogP contribution in [0.4, 0.5) is 15.8 Å². The first-order valence-corrected chi connectivity index (χ1v) is 9.13. The predicted octanol–water partition coefficient (Wildman–Crippen LogP) is 3.20. The third kappa shape index (κ3) is 4.65. The maximum Gasteiger partial charge on any atom is 0.308 e. The SMILES string of the molecule is C[C@@H](OC(=O)C[C@@H]1Sc2ccccc2NC1=O)C(=O)Nc1ccccc1F. The van der Waals surface area contributed by atoms with Crippen molar-refractivity contribution in [3.05, 3.63) is 54.3 Å². The number of thioether (sulfide) groups is 1. The van der Waals surface area contributed by atoms with Crippen LogP contribution in [0.25, 0.3) is 0 Å². The summed E-state index contributed by atoms with van der Waals surface area (Å²) in [5, 5.41) is 4.46. The van der Waals surface area contributed by atoms with E-state index in [2.05, 4.69) is 10.6 Å². The van der Waals surface area contributed by atoms with Crippen LogP contribution in [0, 0.1) is 5.82 Å². The number of nitrogens with one attached hydrogen (secondary N) is 2. The number of halogens is 1. The van der Waals surface area contributed by atoms with Gasteiger partial charge >= 0.3 is 5.97 Å². The van der Waals surface area contributed by atoms with Crippen LogP contribution < -0.4 is 10.6 Å². The molecule has 0 spiro atoms. The summed E-state index contributed by atoms with van der Waals surface area (Å²) >= 11 is 1.27. The van der Waals surface area contributed by atoms with E-state index in [1.807, 2.05) is 18.2 Å². The van der Waals surface area contributed by atoms with Gasteiger partial charge in [-0.25, -0.2) is 4.39 Å². The summed E-state index contributed by atoms with van der Waals surface area (Å²) in [4.78, 5) is 37.2. The number of amides is 2. The Balaban J connectivity index is 1.55. The third-order valence-corrected chi connectivity index (χ3v) is 5.14. The Hall–Kier alpha value is -2.87. The largest absolute Gasteiger partial charge is 0.452 e. The van der Waals surface area contributed by atoms with Crippen LogP contribution in [0.2, 0.25) is 0 Å². The Morgan fingerprint density at radius 1 is 1.22 bits per heavy atom. The number of fused-ring (bicyclic) bond motifs is 1. The fourth-order valence-electron chi connectivity index (χ4n) is 2.47. The average Bonchev–Trinajstić information content (AvgIpc) is 2.64. The first-order chi connectivity index (χ1) is 12.9. The van der Waals surface area contributed by atoms with E-state index in [-0.39, 0.29) is 18.0 Å². The number of benzene rings is 2. The molecule has 0 bridgehead atoms. The number of para-hydroxylation sites is 2. The molecule has 1 aliphatic rings. The molecule has 0 aliphatic carbocycles. The molecule has 2 aromatic carbocycles. The molecule has 0 fully saturated rings. The molecule has 2 amide bonds. The van der Waals surface area contributed by atoms with Crippen molar-refractivity contribution in [3.8, 4) is 0 Å². The lowest BCUT2D eigenvalue weighted by Gasteiger charge is -2.23. The summed E-state index contributed by atoms with van der Waals surface area (Å²) < 4.78 is 18.7. The second kappa shape index (κ2) is 8.22. The lowest BCUT2D eigenvalue weighted by Crippen LogP contribution is -2.34. The number of hydrogen-bond acceptors (Lipinski definition) is 5. The molecule has 2 atom stereocenters. The Labute approximate surface area is 159 Å². The molecule has 0 radical (unpaired) electrons. The number of hydrogen-bond donors (Lipinski definition) is 2. The van der Waals surface area contributed by atoms with Crippen molar-refractivity contribution in [2.24, 2.45) is 0 Å². The molecule has 0 aromatic heterocycles. The number of rotatable bonds is 5. The molecule has 0 saturated carbocycles. The highest BCUT2D eigenvalue weighted by Crippen LogP contribution is 2.36. The molecule has 3 rings (SSSR count). The zero-order valence-corrected chi connectivity index (χ0v) is 15.2. The van der Waals surface area contributed by atoms with Gasteiger partial charge in [0.25, 0.3) is 5.91 Å². The van der Waals surface area contributed by atoms with Crippen molar-refractivity contribution >= 4 is 40.9 Å². The topological polar surface area (TPSA) is 84.5 Å². The summed E-state index contributed by atoms with van der Waals surface area (Å²) in [6, 6.07) is 13.0. The van der Waals surface area contributed by atoms with E-state index in [1.54, 1.807) is 12.1 Å². The summed E-state index contributed by atoms with van der Waals surface area (Å²) in [7, 11) is 0. The van der Waals surface area contributed by atoms with Gasteiger partial charge in [-0.2, -0.15) is 0 Å². The fourth-order valence-corrected chi connectivity index (χ4v) is 3.57. The molecule has 0 unspecified atom stereocenters. The van der Waals surface area contributed by atoms with Crippen LogP contribution in [-0.4, -0.2) is 29.1 Å². The lowest BCUT2D eigenvalue weighted by molar-refractivity contribution is -0.153. The molecular weight excluding hydrogens is 371 g/mol. The number of ether oxygens (including phenoxy) is 1. The normalized spacial score (nSPS) is 16.7. The van der Waals surface area contributed by atoms with Crippen LogP contribution in [0.5, 0.6) is 0 Å². The van der Waals surface area contributed by atoms with Gasteiger partial charge in [-0.1, -0.05) is 24.3 Å². The fraction of sp³-hybridized carbons (Fsp3) is 0.211. The van der Waals surface area contributed by atoms with Crippen molar-refractivity contribution in [3.63, 3.8) is 0 Å². The molecule has 2 N–H and O–H groups in total. The van der Waals surface area contributed by atoms with Gasteiger partial charge in [0.05, 0.1) is 23.0 Å².